The van der Waals surface area contributed by atoms with E-state index in [9.17, 15) is 9.18 Å². The van der Waals surface area contributed by atoms with Crippen LogP contribution in [0.1, 0.15) is 10.6 Å². The van der Waals surface area contributed by atoms with Crippen molar-refractivity contribution >= 4 is 35.7 Å². The van der Waals surface area contributed by atoms with Gasteiger partial charge in [-0.1, -0.05) is 30.3 Å². The van der Waals surface area contributed by atoms with E-state index in [1.54, 1.807) is 29.5 Å². The molecule has 0 unspecified atom stereocenters. The number of hydrogen-bond donors (Lipinski definition) is 0. The Labute approximate surface area is 186 Å². The van der Waals surface area contributed by atoms with Crippen molar-refractivity contribution in [3.63, 3.8) is 0 Å². The summed E-state index contributed by atoms with van der Waals surface area (Å²) in [6.45, 7) is 3.86. The molecule has 4 nitrogen and oxygen atoms in total. The Morgan fingerprint density at radius 1 is 1.03 bits per heavy atom. The van der Waals surface area contributed by atoms with Crippen molar-refractivity contribution in [1.29, 1.82) is 0 Å². The maximum atomic E-state index is 13.1. The van der Waals surface area contributed by atoms with Gasteiger partial charge in [-0.05, 0) is 35.9 Å². The van der Waals surface area contributed by atoms with Crippen LogP contribution in [0.2, 0.25) is 0 Å². The van der Waals surface area contributed by atoms with E-state index in [0.717, 1.165) is 41.5 Å². The van der Waals surface area contributed by atoms with Gasteiger partial charge in [0.2, 0.25) is 5.91 Å². The summed E-state index contributed by atoms with van der Waals surface area (Å²) in [7, 11) is 0. The summed E-state index contributed by atoms with van der Waals surface area (Å²) >= 11 is 1.62. The summed E-state index contributed by atoms with van der Waals surface area (Å²) in [6, 6.07) is 16.3. The Hall–Kier alpha value is -2.54. The molecule has 0 spiro atoms. The second-order valence-electron chi connectivity index (χ2n) is 6.98. The fraction of sp³-hybridized carbons (Fsp3) is 0.217. The number of aromatic nitrogens is 1. The Morgan fingerprint density at radius 2 is 1.73 bits per heavy atom. The molecular weight excluding hydrogens is 421 g/mol. The lowest BCUT2D eigenvalue weighted by atomic mass is 10.2. The minimum Gasteiger partial charge on any atom is -0.337 e. The van der Waals surface area contributed by atoms with Crippen LogP contribution in [-0.2, 0) is 11.3 Å². The minimum absolute atomic E-state index is 0. The van der Waals surface area contributed by atoms with Gasteiger partial charge < -0.3 is 4.90 Å². The van der Waals surface area contributed by atoms with Crippen molar-refractivity contribution in [2.75, 3.05) is 26.2 Å². The summed E-state index contributed by atoms with van der Waals surface area (Å²) in [5, 5.41) is 3.05. The molecule has 30 heavy (non-hydrogen) atoms. The van der Waals surface area contributed by atoms with Crippen molar-refractivity contribution in [3.05, 3.63) is 82.4 Å². The van der Waals surface area contributed by atoms with Crippen molar-refractivity contribution in [3.8, 4) is 11.3 Å². The molecule has 156 valence electrons. The van der Waals surface area contributed by atoms with Crippen molar-refractivity contribution in [1.82, 2.24) is 14.8 Å². The number of benzene rings is 2. The number of carbonyl (C=O) groups is 1. The topological polar surface area (TPSA) is 36.4 Å². The fourth-order valence-corrected chi connectivity index (χ4v) is 4.14. The molecular formula is C23H23ClFN3OS. The molecule has 0 saturated carbocycles. The average Bonchev–Trinajstić information content (AvgIpc) is 3.22. The first kappa shape index (κ1) is 22.2. The molecule has 2 aromatic carbocycles. The predicted molar refractivity (Wildman–Crippen MR) is 122 cm³/mol. The SMILES string of the molecule is Cl.O=C(C=Cc1ccccc1)N1CCN(Cc2nc(-c3ccc(F)cc3)cs2)CC1. The van der Waals surface area contributed by atoms with E-state index in [4.69, 9.17) is 0 Å². The minimum atomic E-state index is -0.241. The fourth-order valence-electron chi connectivity index (χ4n) is 3.29. The van der Waals surface area contributed by atoms with Crippen LogP contribution in [-0.4, -0.2) is 46.9 Å². The lowest BCUT2D eigenvalue weighted by molar-refractivity contribution is -0.127. The van der Waals surface area contributed by atoms with E-state index < -0.39 is 0 Å². The third kappa shape index (κ3) is 5.75. The number of carbonyl (C=O) groups excluding carboxylic acids is 1. The van der Waals surface area contributed by atoms with Crippen LogP contribution >= 0.6 is 23.7 Å². The molecule has 7 heteroatoms. The molecule has 0 N–H and O–H groups in total. The van der Waals surface area contributed by atoms with Gasteiger partial charge in [-0.3, -0.25) is 9.69 Å². The molecule has 4 rings (SSSR count). The molecule has 1 aliphatic heterocycles. The van der Waals surface area contributed by atoms with E-state index in [1.165, 1.54) is 12.1 Å². The number of amides is 1. The Balaban J connectivity index is 0.00000256. The zero-order valence-corrected chi connectivity index (χ0v) is 18.0. The van der Waals surface area contributed by atoms with Crippen LogP contribution in [0.3, 0.4) is 0 Å². The number of nitrogens with zero attached hydrogens (tertiary/aromatic N) is 3. The lowest BCUT2D eigenvalue weighted by Gasteiger charge is -2.33. The summed E-state index contributed by atoms with van der Waals surface area (Å²) in [4.78, 5) is 21.3. The molecule has 3 aromatic rings. The second kappa shape index (κ2) is 10.5. The van der Waals surface area contributed by atoms with Crippen LogP contribution in [0, 0.1) is 5.82 Å². The van der Waals surface area contributed by atoms with Gasteiger partial charge in [0, 0.05) is 43.2 Å². The smallest absolute Gasteiger partial charge is 0.246 e. The van der Waals surface area contributed by atoms with Crippen LogP contribution < -0.4 is 0 Å². The second-order valence-corrected chi connectivity index (χ2v) is 7.92. The van der Waals surface area contributed by atoms with E-state index >= 15 is 0 Å². The summed E-state index contributed by atoms with van der Waals surface area (Å²) in [6.07, 6.45) is 3.52. The highest BCUT2D eigenvalue weighted by atomic mass is 35.5. The predicted octanol–water partition coefficient (Wildman–Crippen LogP) is 4.73. The van der Waals surface area contributed by atoms with Crippen LogP contribution in [0.4, 0.5) is 4.39 Å². The first-order valence-electron chi connectivity index (χ1n) is 9.62. The first-order chi connectivity index (χ1) is 14.2. The van der Waals surface area contributed by atoms with Crippen LogP contribution in [0.15, 0.2) is 66.1 Å². The molecule has 0 bridgehead atoms. The molecule has 1 amide bonds. The van der Waals surface area contributed by atoms with Gasteiger partial charge in [0.25, 0.3) is 0 Å². The number of halogens is 2. The standard InChI is InChI=1S/C23H22FN3OS.ClH/c24-20-9-7-19(8-10-20)21-17-29-22(25-21)16-26-12-14-27(15-13-26)23(28)11-6-18-4-2-1-3-5-18;/h1-11,17H,12-16H2;1H. The zero-order chi connectivity index (χ0) is 20.1. The summed E-state index contributed by atoms with van der Waals surface area (Å²) in [5.74, 6) is -0.184. The molecule has 1 saturated heterocycles. The van der Waals surface area contributed by atoms with Gasteiger partial charge in [-0.25, -0.2) is 9.37 Å². The van der Waals surface area contributed by atoms with Crippen LogP contribution in [0.5, 0.6) is 0 Å². The van der Waals surface area contributed by atoms with E-state index in [1.807, 2.05) is 46.7 Å². The van der Waals surface area contributed by atoms with Crippen molar-refractivity contribution < 1.29 is 9.18 Å². The number of thiazole rings is 1. The Morgan fingerprint density at radius 3 is 2.43 bits per heavy atom. The van der Waals surface area contributed by atoms with Gasteiger partial charge in [-0.15, -0.1) is 23.7 Å². The van der Waals surface area contributed by atoms with Crippen LogP contribution in [0.25, 0.3) is 17.3 Å². The van der Waals surface area contributed by atoms with E-state index in [2.05, 4.69) is 9.88 Å². The van der Waals surface area contributed by atoms with Gasteiger partial charge in [-0.2, -0.15) is 0 Å². The van der Waals surface area contributed by atoms with E-state index in [0.29, 0.717) is 13.1 Å². The van der Waals surface area contributed by atoms with Crippen molar-refractivity contribution in [2.24, 2.45) is 0 Å². The number of piperazine rings is 1. The maximum Gasteiger partial charge on any atom is 0.246 e. The summed E-state index contributed by atoms with van der Waals surface area (Å²) < 4.78 is 13.1. The Bertz CT molecular complexity index is 983. The number of rotatable bonds is 5. The van der Waals surface area contributed by atoms with Gasteiger partial charge in [0.15, 0.2) is 0 Å². The first-order valence-corrected chi connectivity index (χ1v) is 10.5. The molecule has 0 radical (unpaired) electrons. The number of hydrogen-bond acceptors (Lipinski definition) is 4. The highest BCUT2D eigenvalue weighted by Crippen LogP contribution is 2.23. The third-order valence-corrected chi connectivity index (χ3v) is 5.79. The average molecular weight is 444 g/mol. The highest BCUT2D eigenvalue weighted by Gasteiger charge is 2.20. The molecule has 2 heterocycles. The third-order valence-electron chi connectivity index (χ3n) is 4.95. The van der Waals surface area contributed by atoms with Gasteiger partial charge in [0.05, 0.1) is 12.2 Å². The maximum absolute atomic E-state index is 13.1. The van der Waals surface area contributed by atoms with Gasteiger partial charge in [0.1, 0.15) is 10.8 Å². The Kier molecular flexibility index (Phi) is 7.74. The molecule has 0 atom stereocenters. The monoisotopic (exact) mass is 443 g/mol. The normalized spacial score (nSPS) is 14.6. The van der Waals surface area contributed by atoms with Crippen molar-refractivity contribution in [2.45, 2.75) is 6.54 Å². The molecule has 1 aromatic heterocycles. The molecule has 1 fully saturated rings. The summed E-state index contributed by atoms with van der Waals surface area (Å²) in [5.41, 5.74) is 2.83. The van der Waals surface area contributed by atoms with Gasteiger partial charge >= 0.3 is 0 Å². The molecule has 1 aliphatic rings. The quantitative estimate of drug-likeness (QED) is 0.535. The highest BCUT2D eigenvalue weighted by molar-refractivity contribution is 7.09. The largest absolute Gasteiger partial charge is 0.337 e. The molecule has 0 aliphatic carbocycles. The van der Waals surface area contributed by atoms with E-state index in [-0.39, 0.29) is 24.1 Å². The lowest BCUT2D eigenvalue weighted by Crippen LogP contribution is -2.47. The zero-order valence-electron chi connectivity index (χ0n) is 16.4.